The van der Waals surface area contributed by atoms with Gasteiger partial charge in [-0.15, -0.1) is 0 Å². The first-order valence-electron chi connectivity index (χ1n) is 6.93. The van der Waals surface area contributed by atoms with Crippen molar-refractivity contribution in [3.63, 3.8) is 0 Å². The van der Waals surface area contributed by atoms with Gasteiger partial charge in [0.2, 0.25) is 10.0 Å². The molecular weight excluding hydrogens is 284 g/mol. The van der Waals surface area contributed by atoms with Crippen LogP contribution in [0.25, 0.3) is 0 Å². The average Bonchev–Trinajstić information content (AvgIpc) is 2.45. The van der Waals surface area contributed by atoms with Crippen molar-refractivity contribution < 1.29 is 8.42 Å². The van der Waals surface area contributed by atoms with E-state index in [-0.39, 0.29) is 5.75 Å². The lowest BCUT2D eigenvalue weighted by molar-refractivity contribution is 0.589. The van der Waals surface area contributed by atoms with Crippen LogP contribution in [0, 0.1) is 0 Å². The van der Waals surface area contributed by atoms with E-state index in [2.05, 4.69) is 0 Å². The van der Waals surface area contributed by atoms with Crippen LogP contribution in [0.3, 0.4) is 0 Å². The Morgan fingerprint density at radius 1 is 1.05 bits per heavy atom. The quantitative estimate of drug-likeness (QED) is 0.834. The third-order valence-corrected chi connectivity index (χ3v) is 4.88. The van der Waals surface area contributed by atoms with Gasteiger partial charge in [0.05, 0.1) is 11.4 Å². The SMILES string of the molecule is CCCN(c1cccc(N)c1)S(=O)(=O)Cc1ccccc1. The lowest BCUT2D eigenvalue weighted by atomic mass is 10.2. The second-order valence-electron chi connectivity index (χ2n) is 4.91. The maximum Gasteiger partial charge on any atom is 0.239 e. The van der Waals surface area contributed by atoms with Gasteiger partial charge in [-0.05, 0) is 30.2 Å². The van der Waals surface area contributed by atoms with E-state index in [0.29, 0.717) is 17.9 Å². The summed E-state index contributed by atoms with van der Waals surface area (Å²) in [5.41, 5.74) is 7.72. The summed E-state index contributed by atoms with van der Waals surface area (Å²) >= 11 is 0. The number of nitrogens with zero attached hydrogens (tertiary/aromatic N) is 1. The highest BCUT2D eigenvalue weighted by Gasteiger charge is 2.22. The van der Waals surface area contributed by atoms with Crippen molar-refractivity contribution in [3.05, 3.63) is 60.2 Å². The van der Waals surface area contributed by atoms with Gasteiger partial charge in [0.1, 0.15) is 0 Å². The highest BCUT2D eigenvalue weighted by Crippen LogP contribution is 2.23. The highest BCUT2D eigenvalue weighted by atomic mass is 32.2. The minimum atomic E-state index is -3.43. The molecule has 0 bridgehead atoms. The van der Waals surface area contributed by atoms with Crippen LogP contribution in [0.1, 0.15) is 18.9 Å². The van der Waals surface area contributed by atoms with Crippen molar-refractivity contribution in [3.8, 4) is 0 Å². The fourth-order valence-electron chi connectivity index (χ4n) is 2.17. The Morgan fingerprint density at radius 3 is 2.38 bits per heavy atom. The number of sulfonamides is 1. The van der Waals surface area contributed by atoms with E-state index < -0.39 is 10.0 Å². The molecule has 112 valence electrons. The van der Waals surface area contributed by atoms with E-state index >= 15 is 0 Å². The molecule has 0 radical (unpaired) electrons. The zero-order valence-electron chi connectivity index (χ0n) is 12.1. The molecule has 0 saturated heterocycles. The van der Waals surface area contributed by atoms with Crippen molar-refractivity contribution in [2.24, 2.45) is 0 Å². The molecule has 0 atom stereocenters. The summed E-state index contributed by atoms with van der Waals surface area (Å²) < 4.78 is 26.8. The topological polar surface area (TPSA) is 63.4 Å². The van der Waals surface area contributed by atoms with Gasteiger partial charge in [-0.2, -0.15) is 0 Å². The number of anilines is 2. The number of nitrogens with two attached hydrogens (primary N) is 1. The van der Waals surface area contributed by atoms with E-state index in [4.69, 9.17) is 5.73 Å². The predicted molar refractivity (Wildman–Crippen MR) is 87.6 cm³/mol. The number of hydrogen-bond acceptors (Lipinski definition) is 3. The molecule has 0 aliphatic carbocycles. The molecule has 21 heavy (non-hydrogen) atoms. The molecular formula is C16H20N2O2S. The van der Waals surface area contributed by atoms with Gasteiger partial charge >= 0.3 is 0 Å². The summed E-state index contributed by atoms with van der Waals surface area (Å²) in [5, 5.41) is 0. The predicted octanol–water partition coefficient (Wildman–Crippen LogP) is 3.02. The summed E-state index contributed by atoms with van der Waals surface area (Å²) in [6.07, 6.45) is 0.739. The van der Waals surface area contributed by atoms with E-state index in [1.807, 2.05) is 37.3 Å². The number of hydrogen-bond donors (Lipinski definition) is 1. The summed E-state index contributed by atoms with van der Waals surface area (Å²) in [6.45, 7) is 2.40. The van der Waals surface area contributed by atoms with Crippen molar-refractivity contribution in [2.75, 3.05) is 16.6 Å². The smallest absolute Gasteiger partial charge is 0.239 e. The van der Waals surface area contributed by atoms with E-state index in [9.17, 15) is 8.42 Å². The molecule has 0 fully saturated rings. The number of nitrogen functional groups attached to an aromatic ring is 1. The third kappa shape index (κ3) is 3.98. The van der Waals surface area contributed by atoms with E-state index in [1.54, 1.807) is 24.3 Å². The van der Waals surface area contributed by atoms with Gasteiger partial charge in [-0.25, -0.2) is 8.42 Å². The molecule has 0 aromatic heterocycles. The fraction of sp³-hybridized carbons (Fsp3) is 0.250. The summed E-state index contributed by atoms with van der Waals surface area (Å²) in [6, 6.07) is 16.2. The minimum absolute atomic E-state index is 0.0113. The van der Waals surface area contributed by atoms with Crippen LogP contribution >= 0.6 is 0 Å². The Balaban J connectivity index is 2.32. The van der Waals surface area contributed by atoms with Crippen LogP contribution in [0.15, 0.2) is 54.6 Å². The lowest BCUT2D eigenvalue weighted by Crippen LogP contribution is -2.32. The van der Waals surface area contributed by atoms with Gasteiger partial charge in [-0.1, -0.05) is 43.3 Å². The molecule has 0 unspecified atom stereocenters. The molecule has 2 rings (SSSR count). The average molecular weight is 304 g/mol. The van der Waals surface area contributed by atoms with Crippen molar-refractivity contribution in [1.29, 1.82) is 0 Å². The second kappa shape index (κ2) is 6.63. The van der Waals surface area contributed by atoms with Gasteiger partial charge < -0.3 is 5.73 Å². The van der Waals surface area contributed by atoms with Gasteiger partial charge in [-0.3, -0.25) is 4.31 Å². The third-order valence-electron chi connectivity index (χ3n) is 3.11. The normalized spacial score (nSPS) is 11.3. The van der Waals surface area contributed by atoms with E-state index in [1.165, 1.54) is 4.31 Å². The van der Waals surface area contributed by atoms with Crippen molar-refractivity contribution >= 4 is 21.4 Å². The lowest BCUT2D eigenvalue weighted by Gasteiger charge is -2.24. The molecule has 2 aromatic rings. The molecule has 0 aliphatic rings. The van der Waals surface area contributed by atoms with Crippen LogP contribution in [0.4, 0.5) is 11.4 Å². The zero-order valence-corrected chi connectivity index (χ0v) is 12.9. The van der Waals surface area contributed by atoms with E-state index in [0.717, 1.165) is 12.0 Å². The van der Waals surface area contributed by atoms with Gasteiger partial charge in [0.15, 0.2) is 0 Å². The fourth-order valence-corrected chi connectivity index (χ4v) is 3.84. The Bertz CT molecular complexity index is 684. The molecule has 4 nitrogen and oxygen atoms in total. The molecule has 0 spiro atoms. The summed E-state index contributed by atoms with van der Waals surface area (Å²) in [7, 11) is -3.43. The van der Waals surface area contributed by atoms with Crippen LogP contribution < -0.4 is 10.0 Å². The van der Waals surface area contributed by atoms with Crippen LogP contribution in [0.2, 0.25) is 0 Å². The molecule has 2 aromatic carbocycles. The first kappa shape index (κ1) is 15.4. The van der Waals surface area contributed by atoms with Gasteiger partial charge in [0, 0.05) is 12.2 Å². The highest BCUT2D eigenvalue weighted by molar-refractivity contribution is 7.92. The maximum atomic E-state index is 12.7. The Kier molecular flexibility index (Phi) is 4.85. The first-order valence-corrected chi connectivity index (χ1v) is 8.53. The van der Waals surface area contributed by atoms with Crippen molar-refractivity contribution in [2.45, 2.75) is 19.1 Å². The Labute approximate surface area is 126 Å². The molecule has 0 aliphatic heterocycles. The molecule has 0 heterocycles. The Morgan fingerprint density at radius 2 is 1.76 bits per heavy atom. The molecule has 5 heteroatoms. The van der Waals surface area contributed by atoms with Gasteiger partial charge in [0.25, 0.3) is 0 Å². The Hall–Kier alpha value is -2.01. The summed E-state index contributed by atoms with van der Waals surface area (Å²) in [4.78, 5) is 0. The molecule has 2 N–H and O–H groups in total. The largest absolute Gasteiger partial charge is 0.399 e. The molecule has 0 amide bonds. The molecule has 0 saturated carbocycles. The monoisotopic (exact) mass is 304 g/mol. The second-order valence-corrected chi connectivity index (χ2v) is 6.80. The van der Waals surface area contributed by atoms with Crippen molar-refractivity contribution in [1.82, 2.24) is 0 Å². The maximum absolute atomic E-state index is 12.7. The van der Waals surface area contributed by atoms with Crippen LogP contribution in [-0.4, -0.2) is 15.0 Å². The van der Waals surface area contributed by atoms with Crippen LogP contribution in [0.5, 0.6) is 0 Å². The number of rotatable bonds is 6. The summed E-state index contributed by atoms with van der Waals surface area (Å²) in [5.74, 6) is -0.0113. The minimum Gasteiger partial charge on any atom is -0.399 e. The van der Waals surface area contributed by atoms with Crippen LogP contribution in [-0.2, 0) is 15.8 Å². The standard InChI is InChI=1S/C16H20N2O2S/c1-2-11-18(16-10-6-9-15(17)12-16)21(19,20)13-14-7-4-3-5-8-14/h3-10,12H,2,11,13,17H2,1H3. The first-order chi connectivity index (χ1) is 10.0. The number of benzene rings is 2. The zero-order chi connectivity index (χ0) is 15.3.